The minimum Gasteiger partial charge on any atom is -0.284 e. The van der Waals surface area contributed by atoms with Crippen LogP contribution in [-0.2, 0) is 9.71 Å². The lowest BCUT2D eigenvalue weighted by atomic mass is 10.2. The van der Waals surface area contributed by atoms with Crippen molar-refractivity contribution in [3.63, 3.8) is 0 Å². The van der Waals surface area contributed by atoms with E-state index in [0.717, 1.165) is 24.4 Å². The number of rotatable bonds is 0. The third kappa shape index (κ3) is 1.38. The highest BCUT2D eigenvalue weighted by Gasteiger charge is 2.19. The van der Waals surface area contributed by atoms with Crippen LogP contribution in [-0.4, -0.2) is 28.0 Å². The molecule has 0 bridgehead atoms. The number of nitrogens with one attached hydrogen (secondary N) is 1. The summed E-state index contributed by atoms with van der Waals surface area (Å²) in [7, 11) is -2.09. The average Bonchev–Trinajstić information content (AvgIpc) is 2.55. The monoisotopic (exact) mass is 187 g/mol. The molecular weight excluding hydrogens is 174 g/mol. The maximum Gasteiger partial charge on any atom is 0.107 e. The minimum atomic E-state index is -2.09. The van der Waals surface area contributed by atoms with Gasteiger partial charge >= 0.3 is 0 Å². The van der Waals surface area contributed by atoms with Gasteiger partial charge in [0, 0.05) is 6.54 Å². The van der Waals surface area contributed by atoms with Crippen LogP contribution in [0.3, 0.4) is 0 Å². The zero-order valence-electron chi connectivity index (χ0n) is 6.95. The second-order valence-electron chi connectivity index (χ2n) is 3.10. The topological polar surface area (TPSA) is 53.8 Å². The van der Waals surface area contributed by atoms with Crippen molar-refractivity contribution in [3.8, 4) is 0 Å². The van der Waals surface area contributed by atoms with E-state index in [2.05, 4.69) is 15.0 Å². The zero-order valence-corrected chi connectivity index (χ0v) is 7.77. The summed E-state index contributed by atoms with van der Waals surface area (Å²) in [6, 6.07) is 0. The van der Waals surface area contributed by atoms with Crippen LogP contribution in [0.1, 0.15) is 19.3 Å². The van der Waals surface area contributed by atoms with E-state index in [1.165, 1.54) is 6.42 Å². The van der Waals surface area contributed by atoms with E-state index >= 15 is 0 Å². The van der Waals surface area contributed by atoms with Gasteiger partial charge in [0.25, 0.3) is 0 Å². The standard InChI is InChI=1S/C7H13N3OS/c11-12(6-5-9-10-12)7-3-1-2-4-8-7/h8H,1-6H2. The summed E-state index contributed by atoms with van der Waals surface area (Å²) in [5.41, 5.74) is 0. The zero-order chi connectivity index (χ0) is 8.44. The molecule has 1 N–H and O–H groups in total. The van der Waals surface area contributed by atoms with Crippen LogP contribution in [0.4, 0.5) is 0 Å². The summed E-state index contributed by atoms with van der Waals surface area (Å²) in [6.07, 6.45) is 3.23. The maximum atomic E-state index is 12.0. The van der Waals surface area contributed by atoms with Crippen LogP contribution in [0.15, 0.2) is 9.63 Å². The van der Waals surface area contributed by atoms with Crippen LogP contribution in [0.25, 0.3) is 0 Å². The van der Waals surface area contributed by atoms with Crippen molar-refractivity contribution in [2.24, 2.45) is 9.63 Å². The predicted molar refractivity (Wildman–Crippen MR) is 49.6 cm³/mol. The van der Waals surface area contributed by atoms with E-state index < -0.39 is 9.71 Å². The molecule has 0 aromatic rings. The largest absolute Gasteiger partial charge is 0.284 e. The van der Waals surface area contributed by atoms with Crippen molar-refractivity contribution in [2.45, 2.75) is 19.3 Å². The molecule has 0 amide bonds. The molecule has 0 radical (unpaired) electrons. The van der Waals surface area contributed by atoms with Gasteiger partial charge in [0.05, 0.1) is 17.3 Å². The summed E-state index contributed by atoms with van der Waals surface area (Å²) in [6.45, 7) is 1.58. The molecule has 1 fully saturated rings. The predicted octanol–water partition coefficient (Wildman–Crippen LogP) is 0.555. The van der Waals surface area contributed by atoms with Crippen LogP contribution in [0.5, 0.6) is 0 Å². The van der Waals surface area contributed by atoms with Gasteiger partial charge in [-0.2, -0.15) is 5.11 Å². The van der Waals surface area contributed by atoms with Gasteiger partial charge in [-0.3, -0.25) is 5.32 Å². The molecule has 68 valence electrons. The molecule has 5 heteroatoms. The first-order valence-corrected chi connectivity index (χ1v) is 6.00. The highest BCUT2D eigenvalue weighted by molar-refractivity contribution is 8.01. The Hall–Kier alpha value is -0.420. The molecular formula is C7H13N3OS. The van der Waals surface area contributed by atoms with Gasteiger partial charge < -0.3 is 0 Å². The Bertz CT molecular complexity index is 307. The van der Waals surface area contributed by atoms with Crippen molar-refractivity contribution >= 4 is 14.7 Å². The average molecular weight is 187 g/mol. The van der Waals surface area contributed by atoms with E-state index in [9.17, 15) is 4.21 Å². The van der Waals surface area contributed by atoms with E-state index in [-0.39, 0.29) is 0 Å². The molecule has 2 rings (SSSR count). The summed E-state index contributed by atoms with van der Waals surface area (Å²) in [5.74, 6) is 0.620. The molecule has 12 heavy (non-hydrogen) atoms. The minimum absolute atomic E-state index is 0.620. The van der Waals surface area contributed by atoms with Gasteiger partial charge in [-0.1, -0.05) is 4.52 Å². The van der Waals surface area contributed by atoms with Crippen molar-refractivity contribution in [2.75, 3.05) is 18.8 Å². The summed E-state index contributed by atoms with van der Waals surface area (Å²) in [5, 5.41) is 6.99. The second-order valence-corrected chi connectivity index (χ2v) is 5.44. The Morgan fingerprint density at radius 3 is 2.92 bits per heavy atom. The summed E-state index contributed by atoms with van der Waals surface area (Å²) >= 11 is 0. The van der Waals surface area contributed by atoms with Crippen molar-refractivity contribution in [1.82, 2.24) is 5.32 Å². The van der Waals surface area contributed by atoms with Gasteiger partial charge in [-0.05, 0) is 19.3 Å². The molecule has 1 unspecified atom stereocenters. The summed E-state index contributed by atoms with van der Waals surface area (Å²) < 4.78 is 15.8. The smallest absolute Gasteiger partial charge is 0.107 e. The van der Waals surface area contributed by atoms with Crippen molar-refractivity contribution in [3.05, 3.63) is 0 Å². The number of hydrogen-bond acceptors (Lipinski definition) is 2. The Morgan fingerprint density at radius 2 is 2.33 bits per heavy atom. The Balaban J connectivity index is 2.33. The van der Waals surface area contributed by atoms with Gasteiger partial charge in [0.1, 0.15) is 9.71 Å². The van der Waals surface area contributed by atoms with Gasteiger partial charge in [0.15, 0.2) is 0 Å². The quantitative estimate of drug-likeness (QED) is 0.563. The van der Waals surface area contributed by atoms with Crippen LogP contribution >= 0.6 is 0 Å². The lowest BCUT2D eigenvalue weighted by molar-refractivity contribution is 0.665. The third-order valence-corrected chi connectivity index (χ3v) is 4.43. The van der Waals surface area contributed by atoms with E-state index in [0.29, 0.717) is 12.3 Å². The first kappa shape index (κ1) is 8.19. The molecule has 0 aromatic carbocycles. The fourth-order valence-electron chi connectivity index (χ4n) is 1.51. The van der Waals surface area contributed by atoms with Crippen LogP contribution in [0, 0.1) is 0 Å². The fourth-order valence-corrected chi connectivity index (χ4v) is 3.33. The normalized spacial score (nSPS) is 35.8. The molecule has 0 spiro atoms. The Morgan fingerprint density at radius 1 is 1.42 bits per heavy atom. The van der Waals surface area contributed by atoms with E-state index in [1.807, 2.05) is 0 Å². The molecule has 0 aromatic heterocycles. The molecule has 0 aliphatic carbocycles. The highest BCUT2D eigenvalue weighted by Crippen LogP contribution is 2.12. The first-order valence-electron chi connectivity index (χ1n) is 4.32. The first-order chi connectivity index (χ1) is 5.81. The molecule has 2 heterocycles. The molecule has 1 atom stereocenters. The van der Waals surface area contributed by atoms with Crippen LogP contribution in [0.2, 0.25) is 0 Å². The van der Waals surface area contributed by atoms with E-state index in [4.69, 9.17) is 0 Å². The Kier molecular flexibility index (Phi) is 2.14. The van der Waals surface area contributed by atoms with Crippen molar-refractivity contribution in [1.29, 1.82) is 0 Å². The fraction of sp³-hybridized carbons (Fsp3) is 0.857. The number of nitrogens with zero attached hydrogens (tertiary/aromatic N) is 2. The van der Waals surface area contributed by atoms with Gasteiger partial charge in [0.2, 0.25) is 0 Å². The molecule has 2 aliphatic rings. The Labute approximate surface area is 72.6 Å². The van der Waals surface area contributed by atoms with Gasteiger partial charge in [-0.15, -0.1) is 0 Å². The maximum absolute atomic E-state index is 12.0. The number of hydrogen-bond donors (Lipinski definition) is 1. The molecule has 1 saturated heterocycles. The van der Waals surface area contributed by atoms with E-state index in [1.54, 1.807) is 0 Å². The van der Waals surface area contributed by atoms with Gasteiger partial charge in [-0.25, -0.2) is 4.21 Å². The van der Waals surface area contributed by atoms with Crippen molar-refractivity contribution < 1.29 is 4.21 Å². The molecule has 0 saturated carbocycles. The third-order valence-electron chi connectivity index (χ3n) is 2.20. The summed E-state index contributed by atoms with van der Waals surface area (Å²) in [4.78, 5) is 0.940. The van der Waals surface area contributed by atoms with Crippen LogP contribution < -0.4 is 5.32 Å². The molecule has 4 nitrogen and oxygen atoms in total. The highest BCUT2D eigenvalue weighted by atomic mass is 32.2. The lowest BCUT2D eigenvalue weighted by Crippen LogP contribution is -2.34. The molecule has 2 aliphatic heterocycles. The lowest BCUT2D eigenvalue weighted by Gasteiger charge is -2.16. The SMILES string of the molecule is O=S1(=C2CCCCN2)CCN=N1. The second kappa shape index (κ2) is 3.14. The number of piperidine rings is 1.